The van der Waals surface area contributed by atoms with Gasteiger partial charge in [-0.3, -0.25) is 14.4 Å². The van der Waals surface area contributed by atoms with Crippen molar-refractivity contribution in [3.05, 3.63) is 65.2 Å². The monoisotopic (exact) mass is 475 g/mol. The first-order chi connectivity index (χ1) is 16.9. The van der Waals surface area contributed by atoms with Gasteiger partial charge in [0.25, 0.3) is 11.8 Å². The smallest absolute Gasteiger partial charge is 0.254 e. The Morgan fingerprint density at radius 2 is 1.69 bits per heavy atom. The average molecular weight is 476 g/mol. The van der Waals surface area contributed by atoms with Crippen LogP contribution in [0.5, 0.6) is 5.75 Å². The van der Waals surface area contributed by atoms with Gasteiger partial charge in [-0.2, -0.15) is 0 Å². The second-order valence-electron chi connectivity index (χ2n) is 10.1. The van der Waals surface area contributed by atoms with Crippen molar-refractivity contribution < 1.29 is 19.1 Å². The van der Waals surface area contributed by atoms with Gasteiger partial charge < -0.3 is 19.4 Å². The number of piperidine rings is 1. The van der Waals surface area contributed by atoms with Crippen molar-refractivity contribution in [2.45, 2.75) is 50.6 Å². The van der Waals surface area contributed by atoms with E-state index in [1.807, 2.05) is 64.9 Å². The number of methoxy groups -OCH3 is 1. The lowest BCUT2D eigenvalue weighted by atomic mass is 9.66. The maximum atomic E-state index is 13.9. The lowest BCUT2D eigenvalue weighted by molar-refractivity contribution is -0.142. The minimum Gasteiger partial charge on any atom is -0.497 e. The number of hydrogen-bond acceptors (Lipinski definition) is 4. The third kappa shape index (κ3) is 3.77. The SMILES string of the molecule is COc1cccc(C(=O)N2CCC3(CC2)C(C(=O)N2CCC2)c2ccccc2C(=O)N3C(C)C)c1. The highest BCUT2D eigenvalue weighted by molar-refractivity contribution is 6.02. The van der Waals surface area contributed by atoms with Crippen molar-refractivity contribution in [2.75, 3.05) is 33.3 Å². The fraction of sp³-hybridized carbons (Fsp3) is 0.464. The van der Waals surface area contributed by atoms with Crippen LogP contribution in [0.25, 0.3) is 0 Å². The van der Waals surface area contributed by atoms with Crippen molar-refractivity contribution >= 4 is 17.7 Å². The maximum Gasteiger partial charge on any atom is 0.254 e. The molecule has 0 saturated carbocycles. The molecule has 3 aliphatic rings. The van der Waals surface area contributed by atoms with Gasteiger partial charge in [-0.1, -0.05) is 24.3 Å². The predicted octanol–water partition coefficient (Wildman–Crippen LogP) is 3.55. The Morgan fingerprint density at radius 3 is 2.31 bits per heavy atom. The normalized spacial score (nSPS) is 21.1. The molecule has 0 radical (unpaired) electrons. The van der Waals surface area contributed by atoms with Gasteiger partial charge in [-0.05, 0) is 62.9 Å². The number of carbonyl (C=O) groups is 3. The molecule has 5 rings (SSSR count). The highest BCUT2D eigenvalue weighted by Gasteiger charge is 2.57. The summed E-state index contributed by atoms with van der Waals surface area (Å²) in [7, 11) is 1.59. The molecule has 3 amide bonds. The Bertz CT molecular complexity index is 1150. The molecule has 2 saturated heterocycles. The number of fused-ring (bicyclic) bond motifs is 1. The quantitative estimate of drug-likeness (QED) is 0.678. The zero-order valence-corrected chi connectivity index (χ0v) is 20.7. The summed E-state index contributed by atoms with van der Waals surface area (Å²) in [5, 5.41) is 0. The molecule has 0 N–H and O–H groups in total. The van der Waals surface area contributed by atoms with Crippen LogP contribution >= 0.6 is 0 Å². The summed E-state index contributed by atoms with van der Waals surface area (Å²) in [4.78, 5) is 46.7. The van der Waals surface area contributed by atoms with Crippen molar-refractivity contribution in [1.29, 1.82) is 0 Å². The molecule has 35 heavy (non-hydrogen) atoms. The van der Waals surface area contributed by atoms with E-state index in [0.29, 0.717) is 42.8 Å². The van der Waals surface area contributed by atoms with Crippen LogP contribution in [0, 0.1) is 0 Å². The zero-order valence-electron chi connectivity index (χ0n) is 20.7. The molecule has 7 heteroatoms. The minimum atomic E-state index is -0.655. The van der Waals surface area contributed by atoms with Gasteiger partial charge in [0, 0.05) is 43.3 Å². The van der Waals surface area contributed by atoms with E-state index in [1.54, 1.807) is 19.2 Å². The van der Waals surface area contributed by atoms with Gasteiger partial charge in [0.05, 0.1) is 18.6 Å². The average Bonchev–Trinajstić information content (AvgIpc) is 2.83. The summed E-state index contributed by atoms with van der Waals surface area (Å²) >= 11 is 0. The molecule has 1 spiro atoms. The van der Waals surface area contributed by atoms with E-state index in [2.05, 4.69) is 0 Å². The predicted molar refractivity (Wildman–Crippen MR) is 133 cm³/mol. The Labute approximate surface area is 206 Å². The second-order valence-corrected chi connectivity index (χ2v) is 10.1. The first kappa shape index (κ1) is 23.4. The molecule has 1 unspecified atom stereocenters. The first-order valence-electron chi connectivity index (χ1n) is 12.5. The number of likely N-dealkylation sites (tertiary alicyclic amines) is 2. The molecule has 2 fully saturated rings. The summed E-state index contributed by atoms with van der Waals surface area (Å²) < 4.78 is 5.29. The first-order valence-corrected chi connectivity index (χ1v) is 12.5. The summed E-state index contributed by atoms with van der Waals surface area (Å²) in [5.41, 5.74) is 1.39. The van der Waals surface area contributed by atoms with Gasteiger partial charge >= 0.3 is 0 Å². The minimum absolute atomic E-state index is 0.0177. The molecule has 0 aromatic heterocycles. The van der Waals surface area contributed by atoms with Crippen LogP contribution < -0.4 is 4.74 Å². The molecule has 3 aliphatic heterocycles. The zero-order chi connectivity index (χ0) is 24.7. The summed E-state index contributed by atoms with van der Waals surface area (Å²) in [6.45, 7) is 6.54. The third-order valence-corrected chi connectivity index (χ3v) is 7.90. The van der Waals surface area contributed by atoms with E-state index in [0.717, 1.165) is 25.1 Å². The molecule has 0 bridgehead atoms. The fourth-order valence-electron chi connectivity index (χ4n) is 6.10. The number of carbonyl (C=O) groups excluding carboxylic acids is 3. The van der Waals surface area contributed by atoms with Crippen molar-refractivity contribution in [3.8, 4) is 5.75 Å². The van der Waals surface area contributed by atoms with Crippen LogP contribution in [-0.2, 0) is 4.79 Å². The van der Waals surface area contributed by atoms with E-state index in [-0.39, 0.29) is 23.8 Å². The molecule has 1 atom stereocenters. The standard InChI is InChI=1S/C28H33N3O4/c1-19(2)31-26(33)23-11-5-4-10-22(23)24(27(34)29-14-7-15-29)28(31)12-16-30(17-13-28)25(32)20-8-6-9-21(18-20)35-3/h4-6,8-11,18-19,24H,7,12-17H2,1-3H3. The number of nitrogens with zero attached hydrogens (tertiary/aromatic N) is 3. The van der Waals surface area contributed by atoms with Gasteiger partial charge in [-0.25, -0.2) is 0 Å². The highest BCUT2D eigenvalue weighted by atomic mass is 16.5. The second kappa shape index (κ2) is 9.02. The van der Waals surface area contributed by atoms with Crippen LogP contribution in [0.3, 0.4) is 0 Å². The Kier molecular flexibility index (Phi) is 6.03. The maximum absolute atomic E-state index is 13.9. The van der Waals surface area contributed by atoms with E-state index < -0.39 is 11.5 Å². The van der Waals surface area contributed by atoms with Crippen LogP contribution in [0.2, 0.25) is 0 Å². The lowest BCUT2D eigenvalue weighted by Crippen LogP contribution is -2.68. The van der Waals surface area contributed by atoms with Crippen molar-refractivity contribution in [1.82, 2.24) is 14.7 Å². The molecule has 2 aromatic rings. The Balaban J connectivity index is 1.51. The largest absolute Gasteiger partial charge is 0.497 e. The van der Waals surface area contributed by atoms with Crippen molar-refractivity contribution in [3.63, 3.8) is 0 Å². The van der Waals surface area contributed by atoms with E-state index in [4.69, 9.17) is 4.74 Å². The summed E-state index contributed by atoms with van der Waals surface area (Å²) in [6.07, 6.45) is 2.14. The number of rotatable bonds is 4. The number of benzene rings is 2. The van der Waals surface area contributed by atoms with E-state index in [9.17, 15) is 14.4 Å². The van der Waals surface area contributed by atoms with Crippen LogP contribution in [-0.4, -0.2) is 77.3 Å². The van der Waals surface area contributed by atoms with Gasteiger partial charge in [0.1, 0.15) is 5.75 Å². The molecule has 2 aromatic carbocycles. The molecule has 0 aliphatic carbocycles. The number of amides is 3. The van der Waals surface area contributed by atoms with Crippen molar-refractivity contribution in [2.24, 2.45) is 0 Å². The number of hydrogen-bond donors (Lipinski definition) is 0. The summed E-state index contributed by atoms with van der Waals surface area (Å²) in [5.74, 6) is 0.256. The molecular formula is C28H33N3O4. The van der Waals surface area contributed by atoms with Crippen LogP contribution in [0.15, 0.2) is 48.5 Å². The van der Waals surface area contributed by atoms with Crippen LogP contribution in [0.4, 0.5) is 0 Å². The van der Waals surface area contributed by atoms with E-state index in [1.165, 1.54) is 0 Å². The number of ether oxygens (including phenoxy) is 1. The lowest BCUT2D eigenvalue weighted by Gasteiger charge is -2.57. The Hall–Kier alpha value is -3.35. The van der Waals surface area contributed by atoms with Crippen LogP contribution in [0.1, 0.15) is 65.3 Å². The van der Waals surface area contributed by atoms with Gasteiger partial charge in [0.15, 0.2) is 0 Å². The third-order valence-electron chi connectivity index (χ3n) is 7.90. The van der Waals surface area contributed by atoms with Gasteiger partial charge in [-0.15, -0.1) is 0 Å². The summed E-state index contributed by atoms with van der Waals surface area (Å²) in [6, 6.07) is 14.7. The fourth-order valence-corrected chi connectivity index (χ4v) is 6.10. The molecule has 7 nitrogen and oxygen atoms in total. The van der Waals surface area contributed by atoms with Gasteiger partial charge in [0.2, 0.25) is 5.91 Å². The highest BCUT2D eigenvalue weighted by Crippen LogP contribution is 2.49. The topological polar surface area (TPSA) is 70.2 Å². The van der Waals surface area contributed by atoms with E-state index >= 15 is 0 Å². The molecule has 3 heterocycles. The molecular weight excluding hydrogens is 442 g/mol. The molecule has 184 valence electrons. The Morgan fingerprint density at radius 1 is 0.971 bits per heavy atom.